The maximum Gasteiger partial charge on any atom is 0.514 e. The number of hydrogen-bond donors (Lipinski definition) is 0. The van der Waals surface area contributed by atoms with Gasteiger partial charge in [0.1, 0.15) is 5.69 Å². The molecule has 0 aliphatic heterocycles. The lowest BCUT2D eigenvalue weighted by Gasteiger charge is -2.11. The van der Waals surface area contributed by atoms with Crippen LogP contribution in [0.1, 0.15) is 19.5 Å². The molecule has 0 atom stereocenters. The number of ether oxygens (including phenoxy) is 4. The molecule has 0 N–H and O–H groups in total. The van der Waals surface area contributed by atoms with E-state index in [1.807, 2.05) is 0 Å². The molecule has 0 saturated carbocycles. The monoisotopic (exact) mass is 304 g/mol. The molecule has 0 aromatic carbocycles. The molecule has 9 heteroatoms. The molecule has 0 unspecified atom stereocenters. The highest BCUT2D eigenvalue weighted by Crippen LogP contribution is 2.35. The highest BCUT2D eigenvalue weighted by atomic mass is 35.5. The van der Waals surface area contributed by atoms with E-state index in [9.17, 15) is 9.59 Å². The molecule has 0 fully saturated rings. The van der Waals surface area contributed by atoms with Crippen LogP contribution in [0.3, 0.4) is 0 Å². The molecule has 0 bridgehead atoms. The lowest BCUT2D eigenvalue weighted by atomic mass is 10.3. The summed E-state index contributed by atoms with van der Waals surface area (Å²) in [7, 11) is 0. The Hall–Kier alpha value is -2.09. The molecule has 110 valence electrons. The van der Waals surface area contributed by atoms with Crippen LogP contribution in [0.2, 0.25) is 5.15 Å². The fraction of sp³-hybridized carbons (Fsp3) is 0.455. The minimum atomic E-state index is -1.00. The number of carbonyl (C=O) groups excluding carboxylic acids is 2. The molecule has 1 heterocycles. The van der Waals surface area contributed by atoms with Crippen LogP contribution in [0.15, 0.2) is 0 Å². The third kappa shape index (κ3) is 4.23. The summed E-state index contributed by atoms with van der Waals surface area (Å²) in [6, 6.07) is 0. The van der Waals surface area contributed by atoms with Crippen molar-refractivity contribution in [3.05, 3.63) is 10.8 Å². The summed E-state index contributed by atoms with van der Waals surface area (Å²) in [5, 5.41) is 6.97. The summed E-state index contributed by atoms with van der Waals surface area (Å²) in [5.41, 5.74) is 0.196. The summed E-state index contributed by atoms with van der Waals surface area (Å²) < 4.78 is 19.0. The number of nitrogens with zero attached hydrogens (tertiary/aromatic N) is 2. The molecule has 1 rings (SSSR count). The number of aryl methyl sites for hydroxylation is 1. The molecular formula is C11H13ClN2O6. The van der Waals surface area contributed by atoms with Crippen molar-refractivity contribution in [2.24, 2.45) is 0 Å². The van der Waals surface area contributed by atoms with Gasteiger partial charge in [0.2, 0.25) is 11.5 Å². The van der Waals surface area contributed by atoms with Gasteiger partial charge in [-0.05, 0) is 20.8 Å². The van der Waals surface area contributed by atoms with Crippen molar-refractivity contribution < 1.29 is 28.5 Å². The van der Waals surface area contributed by atoms with E-state index in [0.717, 1.165) is 0 Å². The third-order valence-electron chi connectivity index (χ3n) is 1.91. The van der Waals surface area contributed by atoms with E-state index in [2.05, 4.69) is 19.7 Å². The van der Waals surface area contributed by atoms with Gasteiger partial charge in [0.05, 0.1) is 13.2 Å². The van der Waals surface area contributed by atoms with Crippen molar-refractivity contribution in [3.8, 4) is 11.5 Å². The summed E-state index contributed by atoms with van der Waals surface area (Å²) in [5.74, 6) is -0.415. The SMILES string of the molecule is CCOC(=O)Oc1c(C)nnc(Cl)c1OC(=O)OCC. The van der Waals surface area contributed by atoms with Crippen LogP contribution in [0, 0.1) is 6.92 Å². The Kier molecular flexibility index (Phi) is 5.98. The third-order valence-corrected chi connectivity index (χ3v) is 2.15. The van der Waals surface area contributed by atoms with Gasteiger partial charge in [0.25, 0.3) is 0 Å². The van der Waals surface area contributed by atoms with Crippen LogP contribution in [0.25, 0.3) is 0 Å². The molecule has 1 aromatic heterocycles. The second-order valence-electron chi connectivity index (χ2n) is 3.30. The first-order chi connectivity index (χ1) is 9.49. The molecule has 0 spiro atoms. The summed E-state index contributed by atoms with van der Waals surface area (Å²) >= 11 is 5.77. The maximum atomic E-state index is 11.3. The van der Waals surface area contributed by atoms with Gasteiger partial charge in [-0.1, -0.05) is 11.6 Å². The number of carbonyl (C=O) groups is 2. The lowest BCUT2D eigenvalue weighted by molar-refractivity contribution is 0.0933. The van der Waals surface area contributed by atoms with E-state index in [1.54, 1.807) is 13.8 Å². The Morgan fingerprint density at radius 2 is 1.50 bits per heavy atom. The first kappa shape index (κ1) is 16.0. The number of hydrogen-bond acceptors (Lipinski definition) is 8. The van der Waals surface area contributed by atoms with Crippen molar-refractivity contribution >= 4 is 23.9 Å². The fourth-order valence-corrected chi connectivity index (χ4v) is 1.30. The zero-order valence-corrected chi connectivity index (χ0v) is 11.9. The molecule has 0 saturated heterocycles. The normalized spacial score (nSPS) is 9.80. The highest BCUT2D eigenvalue weighted by molar-refractivity contribution is 6.31. The quantitative estimate of drug-likeness (QED) is 0.783. The van der Waals surface area contributed by atoms with Crippen molar-refractivity contribution in [1.29, 1.82) is 0 Å². The molecule has 20 heavy (non-hydrogen) atoms. The molecule has 0 aliphatic carbocycles. The van der Waals surface area contributed by atoms with Crippen LogP contribution in [-0.2, 0) is 9.47 Å². The van der Waals surface area contributed by atoms with E-state index in [0.29, 0.717) is 0 Å². The Morgan fingerprint density at radius 3 is 2.00 bits per heavy atom. The van der Waals surface area contributed by atoms with E-state index in [4.69, 9.17) is 21.1 Å². The molecular weight excluding hydrogens is 292 g/mol. The van der Waals surface area contributed by atoms with Crippen LogP contribution in [0.5, 0.6) is 11.5 Å². The van der Waals surface area contributed by atoms with Gasteiger partial charge < -0.3 is 18.9 Å². The highest BCUT2D eigenvalue weighted by Gasteiger charge is 2.22. The molecule has 0 radical (unpaired) electrons. The summed E-state index contributed by atoms with van der Waals surface area (Å²) in [6.45, 7) is 4.95. The van der Waals surface area contributed by atoms with Crippen molar-refractivity contribution in [2.75, 3.05) is 13.2 Å². The van der Waals surface area contributed by atoms with Crippen molar-refractivity contribution in [1.82, 2.24) is 10.2 Å². The Balaban J connectivity index is 3.04. The molecule has 1 aromatic rings. The van der Waals surface area contributed by atoms with Crippen LogP contribution in [-0.4, -0.2) is 35.7 Å². The Bertz CT molecular complexity index is 463. The summed E-state index contributed by atoms with van der Waals surface area (Å²) in [6.07, 6.45) is -1.98. The number of halogens is 1. The minimum absolute atomic E-state index is 0.113. The number of rotatable bonds is 4. The smallest absolute Gasteiger partial charge is 0.434 e. The van der Waals surface area contributed by atoms with Crippen LogP contribution in [0.4, 0.5) is 9.59 Å². The van der Waals surface area contributed by atoms with E-state index in [-0.39, 0.29) is 35.6 Å². The lowest BCUT2D eigenvalue weighted by Crippen LogP contribution is -2.16. The van der Waals surface area contributed by atoms with Gasteiger partial charge in [-0.3, -0.25) is 0 Å². The predicted molar refractivity (Wildman–Crippen MR) is 67.1 cm³/mol. The number of aromatic nitrogens is 2. The molecule has 0 aliphatic rings. The average molecular weight is 305 g/mol. The topological polar surface area (TPSA) is 96.8 Å². The first-order valence-electron chi connectivity index (χ1n) is 5.71. The second-order valence-corrected chi connectivity index (χ2v) is 3.66. The predicted octanol–water partition coefficient (Wildman–Crippen LogP) is 2.51. The van der Waals surface area contributed by atoms with E-state index in [1.165, 1.54) is 6.92 Å². The molecule has 0 amide bonds. The minimum Gasteiger partial charge on any atom is -0.434 e. The largest absolute Gasteiger partial charge is 0.514 e. The standard InChI is InChI=1S/C11H13ClN2O6/c1-4-17-10(15)19-7-6(3)13-14-9(12)8(7)20-11(16)18-5-2/h4-5H2,1-3H3. The van der Waals surface area contributed by atoms with Gasteiger partial charge in [-0.25, -0.2) is 9.59 Å². The average Bonchev–Trinajstić information content (AvgIpc) is 2.38. The summed E-state index contributed by atoms with van der Waals surface area (Å²) in [4.78, 5) is 22.6. The van der Waals surface area contributed by atoms with Crippen molar-refractivity contribution in [3.63, 3.8) is 0 Å². The van der Waals surface area contributed by atoms with Gasteiger partial charge in [0.15, 0.2) is 5.15 Å². The zero-order valence-electron chi connectivity index (χ0n) is 11.1. The Labute approximate surface area is 119 Å². The second kappa shape index (κ2) is 7.49. The van der Waals surface area contributed by atoms with E-state index < -0.39 is 12.3 Å². The fourth-order valence-electron chi connectivity index (χ4n) is 1.14. The van der Waals surface area contributed by atoms with Gasteiger partial charge in [-0.15, -0.1) is 5.10 Å². The first-order valence-corrected chi connectivity index (χ1v) is 6.09. The van der Waals surface area contributed by atoms with Gasteiger partial charge in [-0.2, -0.15) is 5.10 Å². The van der Waals surface area contributed by atoms with Crippen LogP contribution < -0.4 is 9.47 Å². The maximum absolute atomic E-state index is 11.3. The van der Waals surface area contributed by atoms with E-state index >= 15 is 0 Å². The van der Waals surface area contributed by atoms with Crippen molar-refractivity contribution in [2.45, 2.75) is 20.8 Å². The zero-order chi connectivity index (χ0) is 15.1. The Morgan fingerprint density at radius 1 is 1.00 bits per heavy atom. The van der Waals surface area contributed by atoms with Gasteiger partial charge >= 0.3 is 12.3 Å². The van der Waals surface area contributed by atoms with Crippen LogP contribution >= 0.6 is 11.6 Å². The van der Waals surface area contributed by atoms with Gasteiger partial charge in [0, 0.05) is 0 Å². The molecule has 8 nitrogen and oxygen atoms in total.